The van der Waals surface area contributed by atoms with Crippen LogP contribution in [0.15, 0.2) is 24.4 Å². The van der Waals surface area contributed by atoms with Gasteiger partial charge >= 0.3 is 0 Å². The predicted octanol–water partition coefficient (Wildman–Crippen LogP) is 1.64. The zero-order chi connectivity index (χ0) is 17.1. The molecule has 4 rings (SSSR count). The summed E-state index contributed by atoms with van der Waals surface area (Å²) < 4.78 is 17.2. The fraction of sp³-hybridized carbons (Fsp3) is 0.684. The Kier molecular flexibility index (Phi) is 5.29. The second kappa shape index (κ2) is 7.81. The maximum atomic E-state index is 12.8. The van der Waals surface area contributed by atoms with Crippen molar-refractivity contribution in [1.82, 2.24) is 9.88 Å². The number of ether oxygens (including phenoxy) is 3. The van der Waals surface area contributed by atoms with Gasteiger partial charge in [-0.05, 0) is 37.3 Å². The lowest BCUT2D eigenvalue weighted by Gasteiger charge is -2.38. The van der Waals surface area contributed by atoms with Crippen LogP contribution in [0.4, 0.5) is 0 Å². The van der Waals surface area contributed by atoms with Crippen molar-refractivity contribution in [1.29, 1.82) is 0 Å². The Balaban J connectivity index is 1.30. The average Bonchev–Trinajstić information content (AvgIpc) is 3.31. The van der Waals surface area contributed by atoms with Crippen molar-refractivity contribution in [2.75, 3.05) is 33.0 Å². The minimum absolute atomic E-state index is 0.0400. The molecule has 0 radical (unpaired) electrons. The molecule has 1 aromatic rings. The van der Waals surface area contributed by atoms with Crippen LogP contribution in [0.2, 0.25) is 0 Å². The Morgan fingerprint density at radius 2 is 2.28 bits per heavy atom. The molecule has 6 heteroatoms. The topological polar surface area (TPSA) is 60.9 Å². The van der Waals surface area contributed by atoms with Crippen LogP contribution in [0.1, 0.15) is 25.0 Å². The molecule has 1 aromatic heterocycles. The van der Waals surface area contributed by atoms with Gasteiger partial charge in [0.2, 0.25) is 5.91 Å². The number of amides is 1. The lowest BCUT2D eigenvalue weighted by molar-refractivity contribution is -0.148. The molecule has 1 aliphatic carbocycles. The molecule has 1 saturated carbocycles. The highest BCUT2D eigenvalue weighted by Gasteiger charge is 2.44. The minimum Gasteiger partial charge on any atom is -0.381 e. The molecule has 0 spiro atoms. The first-order valence-corrected chi connectivity index (χ1v) is 9.29. The van der Waals surface area contributed by atoms with Crippen molar-refractivity contribution in [2.24, 2.45) is 11.8 Å². The largest absolute Gasteiger partial charge is 0.381 e. The quantitative estimate of drug-likeness (QED) is 0.811. The smallest absolute Gasteiger partial charge is 0.228 e. The number of carbonyl (C=O) groups excluding carboxylic acids is 1. The van der Waals surface area contributed by atoms with E-state index in [9.17, 15) is 4.79 Å². The number of rotatable bonds is 5. The Bertz CT molecular complexity index is 576. The summed E-state index contributed by atoms with van der Waals surface area (Å²) in [7, 11) is 0. The zero-order valence-corrected chi connectivity index (χ0v) is 14.5. The molecule has 3 fully saturated rings. The second-order valence-corrected chi connectivity index (χ2v) is 7.24. The minimum atomic E-state index is 0.0400. The standard InChI is InChI=1S/C19H26N2O4/c22-19(15-4-7-23-12-15)21-6-8-25-18-10-14(9-17(18)21)11-24-13-16-3-1-2-5-20-16/h1-3,5,14-15,17-18H,4,6-13H2/t14-,15+,17-,18+/m0/s1. The molecule has 3 heterocycles. The predicted molar refractivity (Wildman–Crippen MR) is 90.8 cm³/mol. The van der Waals surface area contributed by atoms with Crippen LogP contribution in [0.3, 0.4) is 0 Å². The van der Waals surface area contributed by atoms with Crippen molar-refractivity contribution in [3.8, 4) is 0 Å². The van der Waals surface area contributed by atoms with E-state index in [0.29, 0.717) is 45.5 Å². The third-order valence-corrected chi connectivity index (χ3v) is 5.53. The second-order valence-electron chi connectivity index (χ2n) is 7.24. The van der Waals surface area contributed by atoms with Crippen molar-refractivity contribution in [2.45, 2.75) is 38.0 Å². The highest BCUT2D eigenvalue weighted by atomic mass is 16.5. The van der Waals surface area contributed by atoms with Gasteiger partial charge in [0, 0.05) is 19.3 Å². The third-order valence-electron chi connectivity index (χ3n) is 5.53. The summed E-state index contributed by atoms with van der Waals surface area (Å²) in [4.78, 5) is 19.1. The SMILES string of the molecule is O=C([C@@H]1CCOC1)N1CCO[C@@H]2C[C@@H](COCc3ccccn3)C[C@@H]21. The highest BCUT2D eigenvalue weighted by Crippen LogP contribution is 2.35. The maximum absolute atomic E-state index is 12.8. The molecule has 136 valence electrons. The molecule has 2 aliphatic heterocycles. The number of morpholine rings is 1. The Labute approximate surface area is 148 Å². The van der Waals surface area contributed by atoms with Crippen LogP contribution in [-0.4, -0.2) is 60.9 Å². The van der Waals surface area contributed by atoms with Crippen LogP contribution in [-0.2, 0) is 25.6 Å². The molecule has 25 heavy (non-hydrogen) atoms. The fourth-order valence-electron chi connectivity index (χ4n) is 4.24. The molecular formula is C19H26N2O4. The van der Waals surface area contributed by atoms with Crippen LogP contribution >= 0.6 is 0 Å². The molecule has 1 amide bonds. The fourth-order valence-corrected chi connectivity index (χ4v) is 4.24. The summed E-state index contributed by atoms with van der Waals surface area (Å²) in [6.45, 7) is 3.86. The van der Waals surface area contributed by atoms with Crippen LogP contribution in [0, 0.1) is 11.8 Å². The van der Waals surface area contributed by atoms with Gasteiger partial charge in [0.15, 0.2) is 0 Å². The van der Waals surface area contributed by atoms with E-state index >= 15 is 0 Å². The van der Waals surface area contributed by atoms with Crippen LogP contribution in [0.5, 0.6) is 0 Å². The number of hydrogen-bond donors (Lipinski definition) is 0. The van der Waals surface area contributed by atoms with E-state index in [0.717, 1.165) is 25.0 Å². The van der Waals surface area contributed by atoms with Gasteiger partial charge in [-0.25, -0.2) is 0 Å². The van der Waals surface area contributed by atoms with Crippen LogP contribution in [0.25, 0.3) is 0 Å². The van der Waals surface area contributed by atoms with Gasteiger partial charge < -0.3 is 19.1 Å². The van der Waals surface area contributed by atoms with Crippen molar-refractivity contribution in [3.63, 3.8) is 0 Å². The molecule has 0 unspecified atom stereocenters. The first-order valence-electron chi connectivity index (χ1n) is 9.29. The zero-order valence-electron chi connectivity index (χ0n) is 14.5. The normalized spacial score (nSPS) is 31.9. The molecular weight excluding hydrogens is 320 g/mol. The molecule has 4 atom stereocenters. The van der Waals surface area contributed by atoms with Gasteiger partial charge in [-0.2, -0.15) is 0 Å². The number of nitrogens with zero attached hydrogens (tertiary/aromatic N) is 2. The molecule has 0 aromatic carbocycles. The lowest BCUT2D eigenvalue weighted by atomic mass is 10.0. The van der Waals surface area contributed by atoms with Gasteiger partial charge in [-0.1, -0.05) is 6.07 Å². The van der Waals surface area contributed by atoms with Crippen molar-refractivity contribution >= 4 is 5.91 Å². The van der Waals surface area contributed by atoms with Gasteiger partial charge in [0.1, 0.15) is 0 Å². The number of carbonyl (C=O) groups is 1. The monoisotopic (exact) mass is 346 g/mol. The number of hydrogen-bond acceptors (Lipinski definition) is 5. The first kappa shape index (κ1) is 16.9. The van der Waals surface area contributed by atoms with Gasteiger partial charge in [-0.15, -0.1) is 0 Å². The van der Waals surface area contributed by atoms with Gasteiger partial charge in [0.05, 0.1) is 50.2 Å². The molecule has 0 bridgehead atoms. The summed E-state index contributed by atoms with van der Waals surface area (Å²) in [6, 6.07) is 6.05. The Hall–Kier alpha value is -1.50. The summed E-state index contributed by atoms with van der Waals surface area (Å²) in [5.74, 6) is 0.732. The maximum Gasteiger partial charge on any atom is 0.228 e. The Morgan fingerprint density at radius 3 is 3.08 bits per heavy atom. The van der Waals surface area contributed by atoms with E-state index < -0.39 is 0 Å². The van der Waals surface area contributed by atoms with Crippen molar-refractivity contribution < 1.29 is 19.0 Å². The van der Waals surface area contributed by atoms with E-state index in [2.05, 4.69) is 9.88 Å². The summed E-state index contributed by atoms with van der Waals surface area (Å²) in [5, 5.41) is 0. The third kappa shape index (κ3) is 3.86. The lowest BCUT2D eigenvalue weighted by Crippen LogP contribution is -2.53. The number of aromatic nitrogens is 1. The van der Waals surface area contributed by atoms with Gasteiger partial charge in [-0.3, -0.25) is 9.78 Å². The highest BCUT2D eigenvalue weighted by molar-refractivity contribution is 5.79. The van der Waals surface area contributed by atoms with Crippen LogP contribution < -0.4 is 0 Å². The van der Waals surface area contributed by atoms with E-state index in [1.807, 2.05) is 18.2 Å². The van der Waals surface area contributed by atoms with Gasteiger partial charge in [0.25, 0.3) is 0 Å². The van der Waals surface area contributed by atoms with E-state index in [1.54, 1.807) is 6.20 Å². The molecule has 6 nitrogen and oxygen atoms in total. The summed E-state index contributed by atoms with van der Waals surface area (Å²) >= 11 is 0. The van der Waals surface area contributed by atoms with E-state index in [-0.39, 0.29) is 24.0 Å². The van der Waals surface area contributed by atoms with E-state index in [1.165, 1.54) is 0 Å². The van der Waals surface area contributed by atoms with E-state index in [4.69, 9.17) is 14.2 Å². The number of pyridine rings is 1. The molecule has 2 saturated heterocycles. The Morgan fingerprint density at radius 1 is 1.32 bits per heavy atom. The molecule has 0 N–H and O–H groups in total. The average molecular weight is 346 g/mol. The summed E-state index contributed by atoms with van der Waals surface area (Å²) in [6.07, 6.45) is 4.73. The summed E-state index contributed by atoms with van der Waals surface area (Å²) in [5.41, 5.74) is 0.951. The van der Waals surface area contributed by atoms with Crippen molar-refractivity contribution in [3.05, 3.63) is 30.1 Å². The number of fused-ring (bicyclic) bond motifs is 1. The first-order chi connectivity index (χ1) is 12.3. The molecule has 3 aliphatic rings.